The van der Waals surface area contributed by atoms with Gasteiger partial charge in [0.1, 0.15) is 12.7 Å². The van der Waals surface area contributed by atoms with Gasteiger partial charge in [0, 0.05) is 18.9 Å². The standard InChI is InChI=1S/C18H21N3O3/c22-17(14-23-13-15-6-2-1-3-7-15)21-11-4-8-16(12-21)24-18-19-9-5-10-20-18/h1-3,5-7,9-10,16H,4,8,11-14H2/t16-/m0/s1. The molecule has 6 nitrogen and oxygen atoms in total. The van der Waals surface area contributed by atoms with E-state index >= 15 is 0 Å². The Balaban J connectivity index is 1.44. The number of likely N-dealkylation sites (tertiary alicyclic amines) is 1. The highest BCUT2D eigenvalue weighted by molar-refractivity contribution is 5.77. The maximum Gasteiger partial charge on any atom is 0.316 e. The van der Waals surface area contributed by atoms with E-state index in [9.17, 15) is 4.79 Å². The zero-order valence-corrected chi connectivity index (χ0v) is 13.5. The summed E-state index contributed by atoms with van der Waals surface area (Å²) in [7, 11) is 0. The van der Waals surface area contributed by atoms with Gasteiger partial charge in [0.25, 0.3) is 0 Å². The summed E-state index contributed by atoms with van der Waals surface area (Å²) in [5.41, 5.74) is 1.06. The number of hydrogen-bond acceptors (Lipinski definition) is 5. The summed E-state index contributed by atoms with van der Waals surface area (Å²) in [4.78, 5) is 22.2. The minimum Gasteiger partial charge on any atom is -0.458 e. The first kappa shape index (κ1) is 16.4. The number of rotatable bonds is 6. The Morgan fingerprint density at radius 2 is 1.96 bits per heavy atom. The zero-order chi connectivity index (χ0) is 16.6. The van der Waals surface area contributed by atoms with E-state index in [1.165, 1.54) is 0 Å². The molecule has 2 aromatic rings. The van der Waals surface area contributed by atoms with Crippen LogP contribution < -0.4 is 4.74 Å². The molecule has 2 heterocycles. The second kappa shape index (κ2) is 8.40. The first-order valence-electron chi connectivity index (χ1n) is 8.14. The minimum atomic E-state index is -0.0702. The first-order chi connectivity index (χ1) is 11.8. The van der Waals surface area contributed by atoms with E-state index in [1.807, 2.05) is 30.3 Å². The molecule has 6 heteroatoms. The third-order valence-corrected chi connectivity index (χ3v) is 3.88. The number of aromatic nitrogens is 2. The van der Waals surface area contributed by atoms with Crippen molar-refractivity contribution in [1.82, 2.24) is 14.9 Å². The van der Waals surface area contributed by atoms with Gasteiger partial charge in [0.2, 0.25) is 5.91 Å². The Labute approximate surface area is 141 Å². The molecule has 24 heavy (non-hydrogen) atoms. The van der Waals surface area contributed by atoms with Crippen LogP contribution >= 0.6 is 0 Å². The molecule has 1 atom stereocenters. The molecular formula is C18H21N3O3. The van der Waals surface area contributed by atoms with Crippen molar-refractivity contribution in [3.8, 4) is 6.01 Å². The molecule has 0 N–H and O–H groups in total. The number of amides is 1. The summed E-state index contributed by atoms with van der Waals surface area (Å²) in [5, 5.41) is 0. The van der Waals surface area contributed by atoms with E-state index in [4.69, 9.17) is 9.47 Å². The van der Waals surface area contributed by atoms with E-state index in [0.29, 0.717) is 19.2 Å². The fourth-order valence-electron chi connectivity index (χ4n) is 2.68. The van der Waals surface area contributed by atoms with Crippen LogP contribution in [-0.4, -0.2) is 46.6 Å². The Morgan fingerprint density at radius 3 is 2.75 bits per heavy atom. The maximum absolute atomic E-state index is 12.3. The lowest BCUT2D eigenvalue weighted by molar-refractivity contribution is -0.139. The minimum absolute atomic E-state index is 0.00629. The highest BCUT2D eigenvalue weighted by Gasteiger charge is 2.25. The number of carbonyl (C=O) groups is 1. The summed E-state index contributed by atoms with van der Waals surface area (Å²) in [5.74, 6) is -0.00629. The fourth-order valence-corrected chi connectivity index (χ4v) is 2.68. The molecule has 1 aromatic heterocycles. The molecule has 1 aliphatic rings. The van der Waals surface area contributed by atoms with Gasteiger partial charge in [-0.05, 0) is 24.5 Å². The molecule has 3 rings (SSSR count). The van der Waals surface area contributed by atoms with Crippen LogP contribution in [0.25, 0.3) is 0 Å². The van der Waals surface area contributed by atoms with Gasteiger partial charge in [0.15, 0.2) is 0 Å². The van der Waals surface area contributed by atoms with Crippen LogP contribution in [0.4, 0.5) is 0 Å². The zero-order valence-electron chi connectivity index (χ0n) is 13.5. The second-order valence-electron chi connectivity index (χ2n) is 5.73. The quantitative estimate of drug-likeness (QED) is 0.812. The maximum atomic E-state index is 12.3. The van der Waals surface area contributed by atoms with Gasteiger partial charge in [-0.25, -0.2) is 9.97 Å². The average Bonchev–Trinajstić information content (AvgIpc) is 2.64. The fraction of sp³-hybridized carbons (Fsp3) is 0.389. The van der Waals surface area contributed by atoms with Crippen molar-refractivity contribution in [2.45, 2.75) is 25.6 Å². The molecule has 0 spiro atoms. The number of hydrogen-bond donors (Lipinski definition) is 0. The average molecular weight is 327 g/mol. The molecule has 0 bridgehead atoms. The molecule has 126 valence electrons. The van der Waals surface area contributed by atoms with Crippen LogP contribution in [-0.2, 0) is 16.1 Å². The predicted molar refractivity (Wildman–Crippen MR) is 88.4 cm³/mol. The molecule has 0 unspecified atom stereocenters. The summed E-state index contributed by atoms with van der Waals surface area (Å²) < 4.78 is 11.3. The van der Waals surface area contributed by atoms with Gasteiger partial charge < -0.3 is 14.4 Å². The van der Waals surface area contributed by atoms with E-state index in [-0.39, 0.29) is 18.6 Å². The number of ether oxygens (including phenoxy) is 2. The number of benzene rings is 1. The molecule has 0 saturated carbocycles. The van der Waals surface area contributed by atoms with Gasteiger partial charge >= 0.3 is 6.01 Å². The van der Waals surface area contributed by atoms with Crippen molar-refractivity contribution in [1.29, 1.82) is 0 Å². The Morgan fingerprint density at radius 1 is 1.17 bits per heavy atom. The lowest BCUT2D eigenvalue weighted by atomic mass is 10.1. The largest absolute Gasteiger partial charge is 0.458 e. The van der Waals surface area contributed by atoms with Crippen molar-refractivity contribution < 1.29 is 14.3 Å². The van der Waals surface area contributed by atoms with Crippen LogP contribution in [0.2, 0.25) is 0 Å². The molecule has 0 radical (unpaired) electrons. The number of carbonyl (C=O) groups excluding carboxylic acids is 1. The highest BCUT2D eigenvalue weighted by Crippen LogP contribution is 2.15. The van der Waals surface area contributed by atoms with Gasteiger partial charge in [-0.1, -0.05) is 30.3 Å². The smallest absolute Gasteiger partial charge is 0.316 e. The van der Waals surface area contributed by atoms with Gasteiger partial charge in [0.05, 0.1) is 13.2 Å². The van der Waals surface area contributed by atoms with Crippen molar-refractivity contribution >= 4 is 5.91 Å². The molecule has 1 fully saturated rings. The van der Waals surface area contributed by atoms with Crippen molar-refractivity contribution in [2.75, 3.05) is 19.7 Å². The molecular weight excluding hydrogens is 306 g/mol. The van der Waals surface area contributed by atoms with Crippen molar-refractivity contribution in [2.24, 2.45) is 0 Å². The van der Waals surface area contributed by atoms with Crippen LogP contribution in [0.5, 0.6) is 6.01 Å². The molecule has 1 aromatic carbocycles. The van der Waals surface area contributed by atoms with Crippen molar-refractivity contribution in [3.63, 3.8) is 0 Å². The van der Waals surface area contributed by atoms with Crippen LogP contribution in [0.1, 0.15) is 18.4 Å². The topological polar surface area (TPSA) is 64.5 Å². The summed E-state index contributed by atoms with van der Waals surface area (Å²) in [6.45, 7) is 1.82. The summed E-state index contributed by atoms with van der Waals surface area (Å²) in [6, 6.07) is 11.9. The summed E-state index contributed by atoms with van der Waals surface area (Å²) in [6.07, 6.45) is 5.02. The third-order valence-electron chi connectivity index (χ3n) is 3.88. The van der Waals surface area contributed by atoms with E-state index in [0.717, 1.165) is 24.9 Å². The molecule has 1 amide bonds. The highest BCUT2D eigenvalue weighted by atomic mass is 16.5. The lowest BCUT2D eigenvalue weighted by Crippen LogP contribution is -2.45. The molecule has 1 saturated heterocycles. The van der Waals surface area contributed by atoms with Crippen LogP contribution in [0.15, 0.2) is 48.8 Å². The Kier molecular flexibility index (Phi) is 5.74. The van der Waals surface area contributed by atoms with Gasteiger partial charge in [-0.3, -0.25) is 4.79 Å². The lowest BCUT2D eigenvalue weighted by Gasteiger charge is -2.32. The number of piperidine rings is 1. The second-order valence-corrected chi connectivity index (χ2v) is 5.73. The SMILES string of the molecule is O=C(COCc1ccccc1)N1CCC[C@H](Oc2ncccn2)C1. The summed E-state index contributed by atoms with van der Waals surface area (Å²) >= 11 is 0. The van der Waals surface area contributed by atoms with Gasteiger partial charge in [-0.15, -0.1) is 0 Å². The Bertz CT molecular complexity index is 636. The van der Waals surface area contributed by atoms with E-state index in [1.54, 1.807) is 23.4 Å². The van der Waals surface area contributed by atoms with E-state index in [2.05, 4.69) is 9.97 Å². The third kappa shape index (κ3) is 4.76. The van der Waals surface area contributed by atoms with Crippen molar-refractivity contribution in [3.05, 3.63) is 54.4 Å². The van der Waals surface area contributed by atoms with Gasteiger partial charge in [-0.2, -0.15) is 0 Å². The van der Waals surface area contributed by atoms with E-state index < -0.39 is 0 Å². The monoisotopic (exact) mass is 327 g/mol. The normalized spacial score (nSPS) is 17.5. The predicted octanol–water partition coefficient (Wildman–Crippen LogP) is 2.06. The number of nitrogens with zero attached hydrogens (tertiary/aromatic N) is 3. The Hall–Kier alpha value is -2.47. The first-order valence-corrected chi connectivity index (χ1v) is 8.14. The molecule has 1 aliphatic heterocycles. The van der Waals surface area contributed by atoms with Crippen LogP contribution in [0.3, 0.4) is 0 Å². The molecule has 0 aliphatic carbocycles. The van der Waals surface area contributed by atoms with Crippen LogP contribution in [0, 0.1) is 0 Å².